The Morgan fingerprint density at radius 1 is 1.35 bits per heavy atom. The van der Waals surface area contributed by atoms with Crippen molar-refractivity contribution in [2.75, 3.05) is 13.4 Å². The Labute approximate surface area is 124 Å². The minimum Gasteiger partial charge on any atom is -0.487 e. The zero-order valence-electron chi connectivity index (χ0n) is 12.3. The van der Waals surface area contributed by atoms with E-state index in [0.29, 0.717) is 17.3 Å². The predicted octanol–water partition coefficient (Wildman–Crippen LogP) is 3.84. The molecule has 20 heavy (non-hydrogen) atoms. The summed E-state index contributed by atoms with van der Waals surface area (Å²) in [5.41, 5.74) is 2.26. The van der Waals surface area contributed by atoms with Crippen LogP contribution in [0.3, 0.4) is 0 Å². The van der Waals surface area contributed by atoms with Crippen LogP contribution in [-0.2, 0) is 20.9 Å². The predicted molar refractivity (Wildman–Crippen MR) is 83.3 cm³/mol. The highest BCUT2D eigenvalue weighted by atomic mass is 32.2. The Bertz CT molecular complexity index is 518. The number of carbonyl (C=O) groups excluding carboxylic acids is 1. The van der Waals surface area contributed by atoms with Gasteiger partial charge in [-0.25, -0.2) is 4.79 Å². The minimum atomic E-state index is -0.379. The first-order valence-electron chi connectivity index (χ1n) is 6.30. The van der Waals surface area contributed by atoms with E-state index in [4.69, 9.17) is 9.47 Å². The summed E-state index contributed by atoms with van der Waals surface area (Å²) in [5.74, 6) is 0.158. The topological polar surface area (TPSA) is 35.5 Å². The number of esters is 1. The van der Waals surface area contributed by atoms with Crippen molar-refractivity contribution in [2.45, 2.75) is 20.5 Å². The van der Waals surface area contributed by atoms with Crippen LogP contribution in [0.4, 0.5) is 0 Å². The summed E-state index contributed by atoms with van der Waals surface area (Å²) in [5, 5.41) is 0. The van der Waals surface area contributed by atoms with E-state index in [2.05, 4.69) is 0 Å². The maximum absolute atomic E-state index is 11.7. The Morgan fingerprint density at radius 2 is 2.05 bits per heavy atom. The largest absolute Gasteiger partial charge is 0.487 e. The Kier molecular flexibility index (Phi) is 6.94. The summed E-state index contributed by atoms with van der Waals surface area (Å²) in [6, 6.07) is 8.01. The van der Waals surface area contributed by atoms with E-state index in [0.717, 1.165) is 11.1 Å². The van der Waals surface area contributed by atoms with Crippen molar-refractivity contribution < 1.29 is 14.3 Å². The third-order valence-corrected chi connectivity index (χ3v) is 3.54. The molecular formula is C16H20O3S. The molecule has 0 aliphatic rings. The van der Waals surface area contributed by atoms with Crippen molar-refractivity contribution in [3.8, 4) is 0 Å². The van der Waals surface area contributed by atoms with Gasteiger partial charge in [0.25, 0.3) is 0 Å². The maximum atomic E-state index is 11.7. The van der Waals surface area contributed by atoms with Crippen molar-refractivity contribution in [1.82, 2.24) is 0 Å². The minimum absolute atomic E-state index is 0.379. The van der Waals surface area contributed by atoms with Crippen LogP contribution in [0.1, 0.15) is 18.1 Å². The molecule has 0 unspecified atom stereocenters. The van der Waals surface area contributed by atoms with Crippen LogP contribution in [0, 0.1) is 6.92 Å². The van der Waals surface area contributed by atoms with Crippen molar-refractivity contribution >= 4 is 17.7 Å². The van der Waals surface area contributed by atoms with Gasteiger partial charge in [-0.05, 0) is 37.3 Å². The lowest BCUT2D eigenvalue weighted by atomic mass is 10.1. The normalized spacial score (nSPS) is 12.2. The maximum Gasteiger partial charge on any atom is 0.348 e. The lowest BCUT2D eigenvalue weighted by molar-refractivity contribution is -0.135. The third kappa shape index (κ3) is 4.46. The van der Waals surface area contributed by atoms with E-state index < -0.39 is 0 Å². The van der Waals surface area contributed by atoms with E-state index in [-0.39, 0.29) is 5.97 Å². The molecule has 0 aliphatic carbocycles. The molecule has 0 saturated heterocycles. The van der Waals surface area contributed by atoms with Gasteiger partial charge in [0.05, 0.1) is 7.11 Å². The molecule has 0 heterocycles. The van der Waals surface area contributed by atoms with Crippen molar-refractivity contribution in [3.63, 3.8) is 0 Å². The van der Waals surface area contributed by atoms with Gasteiger partial charge in [0.2, 0.25) is 0 Å². The van der Waals surface area contributed by atoms with Crippen LogP contribution >= 0.6 is 11.8 Å². The second-order valence-corrected chi connectivity index (χ2v) is 4.92. The zero-order valence-corrected chi connectivity index (χ0v) is 13.1. The lowest BCUT2D eigenvalue weighted by Gasteiger charge is -2.12. The van der Waals surface area contributed by atoms with Crippen molar-refractivity contribution in [3.05, 3.63) is 58.2 Å². The molecule has 108 valence electrons. The Hall–Kier alpha value is -1.68. The fraction of sp³-hybridized carbons (Fsp3) is 0.312. The second-order valence-electron chi connectivity index (χ2n) is 4.10. The SMILES string of the molecule is C/C=C/C(OCc1ccccc1C)=C(\SC)C(=O)OC. The molecule has 1 aromatic rings. The number of hydrogen-bond acceptors (Lipinski definition) is 4. The summed E-state index contributed by atoms with van der Waals surface area (Å²) >= 11 is 1.32. The summed E-state index contributed by atoms with van der Waals surface area (Å²) in [7, 11) is 1.37. The van der Waals surface area contributed by atoms with Crippen molar-refractivity contribution in [2.24, 2.45) is 0 Å². The summed E-state index contributed by atoms with van der Waals surface area (Å²) < 4.78 is 10.6. The van der Waals surface area contributed by atoms with Gasteiger partial charge in [0.15, 0.2) is 0 Å². The first kappa shape index (κ1) is 16.4. The molecule has 1 aromatic carbocycles. The summed E-state index contributed by atoms with van der Waals surface area (Å²) in [6.07, 6.45) is 5.44. The lowest BCUT2D eigenvalue weighted by Crippen LogP contribution is -2.06. The first-order valence-corrected chi connectivity index (χ1v) is 7.53. The highest BCUT2D eigenvalue weighted by molar-refractivity contribution is 8.03. The van der Waals surface area contributed by atoms with Crippen LogP contribution in [0.15, 0.2) is 47.1 Å². The molecule has 0 aromatic heterocycles. The van der Waals surface area contributed by atoms with Gasteiger partial charge in [-0.2, -0.15) is 0 Å². The second kappa shape index (κ2) is 8.48. The van der Waals surface area contributed by atoms with Gasteiger partial charge in [0.1, 0.15) is 17.3 Å². The highest BCUT2D eigenvalue weighted by Gasteiger charge is 2.15. The molecule has 0 amide bonds. The molecule has 0 atom stereocenters. The number of benzene rings is 1. The molecule has 0 spiro atoms. The number of allylic oxidation sites excluding steroid dienone is 2. The molecule has 0 fully saturated rings. The summed E-state index contributed by atoms with van der Waals surface area (Å²) in [4.78, 5) is 12.2. The van der Waals surface area contributed by atoms with E-state index in [1.54, 1.807) is 6.08 Å². The molecule has 3 nitrogen and oxygen atoms in total. The van der Waals surface area contributed by atoms with Crippen LogP contribution in [0.5, 0.6) is 0 Å². The number of ether oxygens (including phenoxy) is 2. The van der Waals surface area contributed by atoms with Gasteiger partial charge in [-0.3, -0.25) is 0 Å². The number of aryl methyl sites for hydroxylation is 1. The highest BCUT2D eigenvalue weighted by Crippen LogP contribution is 2.22. The molecule has 1 rings (SSSR count). The van der Waals surface area contributed by atoms with Crippen LogP contribution in [0.2, 0.25) is 0 Å². The number of rotatable bonds is 6. The molecule has 0 aliphatic heterocycles. The standard InChI is InChI=1S/C16H20O3S/c1-5-8-14(15(20-4)16(17)18-3)19-11-13-10-7-6-9-12(13)2/h5-10H,11H2,1-4H3/b8-5+,15-14+. The smallest absolute Gasteiger partial charge is 0.348 e. The molecule has 0 radical (unpaired) electrons. The fourth-order valence-electron chi connectivity index (χ4n) is 1.65. The van der Waals surface area contributed by atoms with E-state index in [1.165, 1.54) is 18.9 Å². The zero-order chi connectivity index (χ0) is 15.0. The fourth-order valence-corrected chi connectivity index (χ4v) is 2.22. The van der Waals surface area contributed by atoms with Gasteiger partial charge in [0, 0.05) is 0 Å². The molecule has 4 heteroatoms. The molecular weight excluding hydrogens is 272 g/mol. The van der Waals surface area contributed by atoms with E-state index in [9.17, 15) is 4.79 Å². The van der Waals surface area contributed by atoms with Gasteiger partial charge >= 0.3 is 5.97 Å². The van der Waals surface area contributed by atoms with E-state index in [1.807, 2.05) is 50.4 Å². The van der Waals surface area contributed by atoms with Crippen LogP contribution in [0.25, 0.3) is 0 Å². The first-order chi connectivity index (χ1) is 9.63. The van der Waals surface area contributed by atoms with Gasteiger partial charge < -0.3 is 9.47 Å². The van der Waals surface area contributed by atoms with Crippen LogP contribution < -0.4 is 0 Å². The Morgan fingerprint density at radius 3 is 2.60 bits per heavy atom. The molecule has 0 saturated carbocycles. The number of hydrogen-bond donors (Lipinski definition) is 0. The van der Waals surface area contributed by atoms with Gasteiger partial charge in [-0.15, -0.1) is 11.8 Å². The van der Waals surface area contributed by atoms with E-state index >= 15 is 0 Å². The number of methoxy groups -OCH3 is 1. The molecule has 0 N–H and O–H groups in total. The monoisotopic (exact) mass is 292 g/mol. The molecule has 0 bridgehead atoms. The summed E-state index contributed by atoms with van der Waals surface area (Å²) in [6.45, 7) is 4.34. The number of carbonyl (C=O) groups is 1. The van der Waals surface area contributed by atoms with Crippen molar-refractivity contribution in [1.29, 1.82) is 0 Å². The Balaban J connectivity index is 2.95. The third-order valence-electron chi connectivity index (χ3n) is 2.76. The van der Waals surface area contributed by atoms with Crippen LogP contribution in [-0.4, -0.2) is 19.3 Å². The average molecular weight is 292 g/mol. The number of thioether (sulfide) groups is 1. The average Bonchev–Trinajstić information content (AvgIpc) is 2.46. The van der Waals surface area contributed by atoms with Gasteiger partial charge in [-0.1, -0.05) is 30.3 Å². The quantitative estimate of drug-likeness (QED) is 0.345.